The third-order valence-electron chi connectivity index (χ3n) is 2.92. The maximum atomic E-state index is 13.2. The molecule has 1 aliphatic heterocycles. The molecule has 0 bridgehead atoms. The lowest BCUT2D eigenvalue weighted by atomic mass is 9.85. The minimum Gasteiger partial charge on any atom is -0.370 e. The van der Waals surface area contributed by atoms with Crippen molar-refractivity contribution in [1.29, 1.82) is 0 Å². The molecule has 1 aromatic carbocycles. The maximum absolute atomic E-state index is 13.2. The van der Waals surface area contributed by atoms with Gasteiger partial charge in [-0.15, -0.1) is 0 Å². The average molecular weight is 229 g/mol. The van der Waals surface area contributed by atoms with Crippen LogP contribution in [0.2, 0.25) is 0 Å². The van der Waals surface area contributed by atoms with Crippen LogP contribution in [0.25, 0.3) is 0 Å². The van der Waals surface area contributed by atoms with Crippen LogP contribution >= 0.6 is 0 Å². The Hall–Kier alpha value is -1.69. The molecule has 17 heavy (non-hydrogen) atoms. The van der Waals surface area contributed by atoms with Gasteiger partial charge in [0.2, 0.25) is 0 Å². The predicted octanol–water partition coefficient (Wildman–Crippen LogP) is 0.837. The zero-order valence-electron chi connectivity index (χ0n) is 8.95. The van der Waals surface area contributed by atoms with Crippen LogP contribution in [-0.4, -0.2) is 28.6 Å². The van der Waals surface area contributed by atoms with E-state index in [1.807, 2.05) is 0 Å². The molecular weight excluding hydrogens is 220 g/mol. The van der Waals surface area contributed by atoms with Crippen molar-refractivity contribution in [3.05, 3.63) is 48.3 Å². The number of ether oxygens (including phenoxy) is 1. The molecule has 0 spiro atoms. The van der Waals surface area contributed by atoms with Crippen molar-refractivity contribution in [3.8, 4) is 0 Å². The summed E-state index contributed by atoms with van der Waals surface area (Å²) in [6.07, 6.45) is 3.02. The molecule has 1 fully saturated rings. The number of epoxide rings is 1. The van der Waals surface area contributed by atoms with Gasteiger partial charge < -0.3 is 4.74 Å². The second-order valence-corrected chi connectivity index (χ2v) is 4.03. The monoisotopic (exact) mass is 229 g/mol. The van der Waals surface area contributed by atoms with E-state index in [2.05, 4.69) is 10.1 Å². The van der Waals surface area contributed by atoms with Gasteiger partial charge in [0.25, 0.3) is 0 Å². The highest BCUT2D eigenvalue weighted by Gasteiger charge is 2.54. The van der Waals surface area contributed by atoms with E-state index >= 15 is 0 Å². The molecule has 0 N–H and O–H groups in total. The summed E-state index contributed by atoms with van der Waals surface area (Å²) in [5.74, 6) is -0.303. The maximum Gasteiger partial charge on any atom is 0.137 e. The highest BCUT2D eigenvalue weighted by atomic mass is 19.1. The van der Waals surface area contributed by atoms with Crippen LogP contribution in [0.5, 0.6) is 0 Å². The van der Waals surface area contributed by atoms with E-state index < -0.39 is 11.6 Å². The van der Waals surface area contributed by atoms with E-state index in [1.54, 1.807) is 23.1 Å². The van der Waals surface area contributed by atoms with Gasteiger partial charge in [0.1, 0.15) is 31.9 Å². The molecule has 0 saturated carbocycles. The first-order chi connectivity index (χ1) is 8.21. The second kappa shape index (κ2) is 3.66. The van der Waals surface area contributed by atoms with E-state index in [0.29, 0.717) is 6.54 Å². The first-order valence-corrected chi connectivity index (χ1v) is 5.22. The highest BCUT2D eigenvalue weighted by Crippen LogP contribution is 2.45. The van der Waals surface area contributed by atoms with Gasteiger partial charge in [0, 0.05) is 0 Å². The van der Waals surface area contributed by atoms with Crippen LogP contribution in [-0.2, 0) is 16.9 Å². The SMILES string of the molecule is [B]C1OC1(Cn1cncn1)c1cccc(F)c1. The molecule has 2 unspecified atom stereocenters. The Morgan fingerprint density at radius 2 is 2.35 bits per heavy atom. The van der Waals surface area contributed by atoms with Gasteiger partial charge in [-0.2, -0.15) is 5.10 Å². The Kier molecular flexibility index (Phi) is 2.26. The third-order valence-corrected chi connectivity index (χ3v) is 2.92. The van der Waals surface area contributed by atoms with Gasteiger partial charge >= 0.3 is 0 Å². The number of nitrogens with zero attached hydrogens (tertiary/aromatic N) is 3. The van der Waals surface area contributed by atoms with Crippen LogP contribution in [0, 0.1) is 5.82 Å². The predicted molar refractivity (Wildman–Crippen MR) is 58.7 cm³/mol. The molecule has 2 radical (unpaired) electrons. The number of halogens is 1. The van der Waals surface area contributed by atoms with Crippen molar-refractivity contribution in [2.24, 2.45) is 0 Å². The van der Waals surface area contributed by atoms with Crippen LogP contribution < -0.4 is 0 Å². The molecule has 3 rings (SSSR count). The van der Waals surface area contributed by atoms with E-state index in [0.717, 1.165) is 5.56 Å². The molecule has 0 aliphatic carbocycles. The average Bonchev–Trinajstić information content (AvgIpc) is 2.75. The van der Waals surface area contributed by atoms with Crippen molar-refractivity contribution in [1.82, 2.24) is 14.8 Å². The summed E-state index contributed by atoms with van der Waals surface area (Å²) in [5.41, 5.74) is 0.0380. The Balaban J connectivity index is 1.93. The number of aromatic nitrogens is 3. The minimum atomic E-state index is -0.685. The van der Waals surface area contributed by atoms with Gasteiger partial charge in [-0.3, -0.25) is 0 Å². The first kappa shape index (κ1) is 10.5. The highest BCUT2D eigenvalue weighted by molar-refractivity contribution is 6.13. The van der Waals surface area contributed by atoms with Crippen molar-refractivity contribution < 1.29 is 9.13 Å². The first-order valence-electron chi connectivity index (χ1n) is 5.22. The van der Waals surface area contributed by atoms with Crippen LogP contribution in [0.4, 0.5) is 4.39 Å². The molecule has 0 amide bonds. The molecule has 6 heteroatoms. The van der Waals surface area contributed by atoms with Gasteiger partial charge in [-0.25, -0.2) is 14.1 Å². The Morgan fingerprint density at radius 3 is 2.94 bits per heavy atom. The summed E-state index contributed by atoms with van der Waals surface area (Å²) in [6.45, 7) is 0.428. The molecule has 84 valence electrons. The summed E-state index contributed by atoms with van der Waals surface area (Å²) < 4.78 is 20.3. The van der Waals surface area contributed by atoms with E-state index in [9.17, 15) is 4.39 Å². The second-order valence-electron chi connectivity index (χ2n) is 4.03. The van der Waals surface area contributed by atoms with E-state index in [-0.39, 0.29) is 5.82 Å². The number of hydrogen-bond donors (Lipinski definition) is 0. The molecule has 2 aromatic rings. The van der Waals surface area contributed by atoms with Gasteiger partial charge in [0.05, 0.1) is 12.5 Å². The van der Waals surface area contributed by atoms with E-state index in [4.69, 9.17) is 12.6 Å². The lowest BCUT2D eigenvalue weighted by Crippen LogP contribution is -2.21. The quantitative estimate of drug-likeness (QED) is 0.578. The molecule has 1 saturated heterocycles. The van der Waals surface area contributed by atoms with Gasteiger partial charge in [-0.05, 0) is 17.7 Å². The van der Waals surface area contributed by atoms with Crippen molar-refractivity contribution in [2.45, 2.75) is 18.1 Å². The number of rotatable bonds is 3. The molecule has 1 aliphatic rings. The summed E-state index contributed by atoms with van der Waals surface area (Å²) in [6, 6.07) is 5.83. The molecule has 4 nitrogen and oxygen atoms in total. The Labute approximate surface area is 98.8 Å². The summed E-state index contributed by atoms with van der Waals surface area (Å²) in [4.78, 5) is 3.85. The molecule has 2 atom stereocenters. The fraction of sp³-hybridized carbons (Fsp3) is 0.273. The Bertz CT molecular complexity index is 533. The van der Waals surface area contributed by atoms with Crippen LogP contribution in [0.1, 0.15) is 5.56 Å². The fourth-order valence-electron chi connectivity index (χ4n) is 1.95. The lowest BCUT2D eigenvalue weighted by Gasteiger charge is -2.13. The Morgan fingerprint density at radius 1 is 1.53 bits per heavy atom. The summed E-state index contributed by atoms with van der Waals surface area (Å²) in [5, 5.41) is 4.00. The molecule has 1 aromatic heterocycles. The third kappa shape index (κ3) is 1.74. The largest absolute Gasteiger partial charge is 0.370 e. The smallest absolute Gasteiger partial charge is 0.137 e. The van der Waals surface area contributed by atoms with E-state index in [1.165, 1.54) is 18.5 Å². The number of benzene rings is 1. The van der Waals surface area contributed by atoms with Gasteiger partial charge in [-0.1, -0.05) is 12.1 Å². The lowest BCUT2D eigenvalue weighted by molar-refractivity contribution is 0.266. The fourth-order valence-corrected chi connectivity index (χ4v) is 1.95. The van der Waals surface area contributed by atoms with Crippen LogP contribution in [0.3, 0.4) is 0 Å². The molecular formula is C11H9BFN3O. The topological polar surface area (TPSA) is 43.2 Å². The molecule has 2 heterocycles. The van der Waals surface area contributed by atoms with Crippen molar-refractivity contribution in [2.75, 3.05) is 0 Å². The summed E-state index contributed by atoms with van der Waals surface area (Å²) >= 11 is 0. The minimum absolute atomic E-state index is 0.303. The van der Waals surface area contributed by atoms with Crippen molar-refractivity contribution >= 4 is 7.85 Å². The standard InChI is InChI=1S/C11H9BFN3O/c12-10-11(17-10,5-16-7-14-6-15-16)8-2-1-3-9(13)4-8/h1-4,6-7,10H,5H2. The van der Waals surface area contributed by atoms with Crippen LogP contribution in [0.15, 0.2) is 36.9 Å². The van der Waals surface area contributed by atoms with Crippen molar-refractivity contribution in [3.63, 3.8) is 0 Å². The summed E-state index contributed by atoms with van der Waals surface area (Å²) in [7, 11) is 5.79. The van der Waals surface area contributed by atoms with Gasteiger partial charge in [0.15, 0.2) is 0 Å². The number of hydrogen-bond acceptors (Lipinski definition) is 3. The zero-order valence-corrected chi connectivity index (χ0v) is 8.95. The normalized spacial score (nSPS) is 27.0. The zero-order chi connectivity index (χ0) is 11.9.